The second-order valence-electron chi connectivity index (χ2n) is 8.21. The largest absolute Gasteiger partial charge is 0.458 e. The molecule has 144 valence electrons. The molecule has 3 aliphatic rings. The first-order chi connectivity index (χ1) is 12.1. The molecule has 0 unspecified atom stereocenters. The summed E-state index contributed by atoms with van der Waals surface area (Å²) in [6.07, 6.45) is -0.324. The Hall–Kier alpha value is -1.66. The third-order valence-electron chi connectivity index (χ3n) is 6.80. The molecule has 0 aromatic carbocycles. The maximum atomic E-state index is 12.3. The number of allylic oxidation sites excluding steroid dienone is 1. The van der Waals surface area contributed by atoms with E-state index in [4.69, 9.17) is 9.47 Å². The van der Waals surface area contributed by atoms with Crippen molar-refractivity contribution in [3.8, 4) is 0 Å². The minimum absolute atomic E-state index is 0.00938. The average Bonchev–Trinajstić information content (AvgIpc) is 2.96. The molecule has 3 rings (SSSR count). The van der Waals surface area contributed by atoms with Crippen molar-refractivity contribution in [2.24, 2.45) is 23.2 Å². The monoisotopic (exact) mass is 364 g/mol. The Morgan fingerprint density at radius 3 is 2.65 bits per heavy atom. The summed E-state index contributed by atoms with van der Waals surface area (Å²) in [6.45, 7) is 11.1. The van der Waals surface area contributed by atoms with Crippen molar-refractivity contribution in [1.29, 1.82) is 0 Å². The molecule has 6 nitrogen and oxygen atoms in total. The van der Waals surface area contributed by atoms with Gasteiger partial charge in [0.25, 0.3) is 0 Å². The van der Waals surface area contributed by atoms with Gasteiger partial charge >= 0.3 is 11.9 Å². The number of carbonyl (C=O) groups is 2. The lowest BCUT2D eigenvalue weighted by atomic mass is 9.67. The van der Waals surface area contributed by atoms with Crippen LogP contribution < -0.4 is 0 Å². The lowest BCUT2D eigenvalue weighted by Gasteiger charge is -2.42. The first kappa shape index (κ1) is 19.1. The van der Waals surface area contributed by atoms with Gasteiger partial charge in [-0.2, -0.15) is 0 Å². The maximum Gasteiger partial charge on any atom is 0.334 e. The Morgan fingerprint density at radius 1 is 1.38 bits per heavy atom. The zero-order valence-electron chi connectivity index (χ0n) is 15.8. The number of ether oxygens (including phenoxy) is 2. The summed E-state index contributed by atoms with van der Waals surface area (Å²) in [6, 6.07) is 0. The fourth-order valence-corrected chi connectivity index (χ4v) is 5.28. The third-order valence-corrected chi connectivity index (χ3v) is 6.80. The molecule has 0 aromatic rings. The molecule has 0 radical (unpaired) electrons. The van der Waals surface area contributed by atoms with Crippen molar-refractivity contribution in [2.45, 2.75) is 65.0 Å². The second-order valence-corrected chi connectivity index (χ2v) is 8.21. The van der Waals surface area contributed by atoms with Crippen LogP contribution in [-0.4, -0.2) is 46.6 Å². The molecule has 2 N–H and O–H groups in total. The predicted molar refractivity (Wildman–Crippen MR) is 93.8 cm³/mol. The highest BCUT2D eigenvalue weighted by atomic mass is 16.6. The van der Waals surface area contributed by atoms with Crippen LogP contribution in [0.4, 0.5) is 0 Å². The summed E-state index contributed by atoms with van der Waals surface area (Å²) in [4.78, 5) is 24.3. The summed E-state index contributed by atoms with van der Waals surface area (Å²) >= 11 is 0. The molecule has 2 aliphatic carbocycles. The Kier molecular flexibility index (Phi) is 4.78. The molecule has 1 aliphatic heterocycles. The number of fused-ring (bicyclic) bond motifs is 2. The molecule has 8 atom stereocenters. The van der Waals surface area contributed by atoms with Gasteiger partial charge in [0.05, 0.1) is 18.1 Å². The summed E-state index contributed by atoms with van der Waals surface area (Å²) < 4.78 is 11.1. The zero-order chi connectivity index (χ0) is 19.4. The van der Waals surface area contributed by atoms with Crippen LogP contribution in [0.3, 0.4) is 0 Å². The highest BCUT2D eigenvalue weighted by Crippen LogP contribution is 2.57. The Morgan fingerprint density at radius 2 is 2.04 bits per heavy atom. The van der Waals surface area contributed by atoms with E-state index in [9.17, 15) is 19.8 Å². The van der Waals surface area contributed by atoms with Gasteiger partial charge in [0, 0.05) is 23.0 Å². The quantitative estimate of drug-likeness (QED) is 0.573. The van der Waals surface area contributed by atoms with Gasteiger partial charge in [-0.1, -0.05) is 26.5 Å². The van der Waals surface area contributed by atoms with E-state index in [0.29, 0.717) is 12.0 Å². The SMILES string of the molecule is C=C1C(=O)O[C@H]2C[C@@H](C)[C@@H]3[C@@H](O)C[C@@H](OC(=O)/C(C)=C\C)[C@@]3(C)[C@@H](O)[C@@H]12. The van der Waals surface area contributed by atoms with E-state index in [2.05, 4.69) is 6.58 Å². The Balaban J connectivity index is 2.00. The maximum absolute atomic E-state index is 12.3. The van der Waals surface area contributed by atoms with E-state index in [-0.39, 0.29) is 23.8 Å². The molecule has 26 heavy (non-hydrogen) atoms. The molecule has 0 bridgehead atoms. The standard InChI is InChI=1S/C20H28O6/c1-6-9(2)18(23)26-14-8-12(21)16-10(3)7-13-15(11(4)19(24)25-13)17(22)20(14,16)5/h6,10,12-17,21-22H,4,7-8H2,1-3,5H3/b9-6-/t10-,12+,13+,14-,15+,16-,17+,20-/m1/s1. The molecule has 3 fully saturated rings. The van der Waals surface area contributed by atoms with Crippen molar-refractivity contribution in [2.75, 3.05) is 0 Å². The van der Waals surface area contributed by atoms with Gasteiger partial charge in [-0.15, -0.1) is 0 Å². The van der Waals surface area contributed by atoms with E-state index in [1.54, 1.807) is 19.9 Å². The van der Waals surface area contributed by atoms with Crippen LogP contribution in [0.5, 0.6) is 0 Å². The van der Waals surface area contributed by atoms with Gasteiger partial charge in [-0.25, -0.2) is 9.59 Å². The van der Waals surface area contributed by atoms with Crippen molar-refractivity contribution in [1.82, 2.24) is 0 Å². The van der Waals surface area contributed by atoms with Gasteiger partial charge in [-0.3, -0.25) is 0 Å². The van der Waals surface area contributed by atoms with Crippen LogP contribution in [-0.2, 0) is 19.1 Å². The van der Waals surface area contributed by atoms with Crippen LogP contribution in [0, 0.1) is 23.2 Å². The van der Waals surface area contributed by atoms with Gasteiger partial charge in [-0.05, 0) is 32.1 Å². The van der Waals surface area contributed by atoms with E-state index < -0.39 is 47.7 Å². The van der Waals surface area contributed by atoms with Gasteiger partial charge in [0.1, 0.15) is 12.2 Å². The minimum atomic E-state index is -0.998. The molecule has 1 heterocycles. The summed E-state index contributed by atoms with van der Waals surface area (Å²) in [5, 5.41) is 22.0. The van der Waals surface area contributed by atoms with Crippen LogP contribution in [0.1, 0.15) is 40.5 Å². The van der Waals surface area contributed by atoms with Crippen molar-refractivity contribution < 1.29 is 29.3 Å². The predicted octanol–water partition coefficient (Wildman–Crippen LogP) is 1.75. The van der Waals surface area contributed by atoms with Gasteiger partial charge in [0.15, 0.2) is 0 Å². The first-order valence-corrected chi connectivity index (χ1v) is 9.22. The van der Waals surface area contributed by atoms with E-state index in [1.807, 2.05) is 13.8 Å². The molecule has 0 amide bonds. The van der Waals surface area contributed by atoms with Crippen LogP contribution in [0.15, 0.2) is 23.8 Å². The topological polar surface area (TPSA) is 93.1 Å². The van der Waals surface area contributed by atoms with Crippen LogP contribution >= 0.6 is 0 Å². The fraction of sp³-hybridized carbons (Fsp3) is 0.700. The van der Waals surface area contributed by atoms with Gasteiger partial charge < -0.3 is 19.7 Å². The van der Waals surface area contributed by atoms with Crippen LogP contribution in [0.25, 0.3) is 0 Å². The van der Waals surface area contributed by atoms with E-state index >= 15 is 0 Å². The normalized spacial score (nSPS) is 45.6. The smallest absolute Gasteiger partial charge is 0.334 e. The number of hydrogen-bond donors (Lipinski definition) is 2. The van der Waals surface area contributed by atoms with Crippen molar-refractivity contribution in [3.05, 3.63) is 23.8 Å². The Labute approximate surface area is 153 Å². The lowest BCUT2D eigenvalue weighted by Crippen LogP contribution is -2.50. The molecule has 0 aromatic heterocycles. The number of esters is 2. The number of aliphatic hydroxyl groups is 2. The Bertz CT molecular complexity index is 667. The van der Waals surface area contributed by atoms with Crippen LogP contribution in [0.2, 0.25) is 0 Å². The zero-order valence-corrected chi connectivity index (χ0v) is 15.8. The molecule has 0 spiro atoms. The average molecular weight is 364 g/mol. The molecular formula is C20H28O6. The fourth-order valence-electron chi connectivity index (χ4n) is 5.28. The summed E-state index contributed by atoms with van der Waals surface area (Å²) in [7, 11) is 0. The highest BCUT2D eigenvalue weighted by Gasteiger charge is 2.65. The van der Waals surface area contributed by atoms with Gasteiger partial charge in [0.2, 0.25) is 0 Å². The molecule has 2 saturated carbocycles. The van der Waals surface area contributed by atoms with Crippen molar-refractivity contribution in [3.63, 3.8) is 0 Å². The van der Waals surface area contributed by atoms with E-state index in [0.717, 1.165) is 0 Å². The number of carbonyl (C=O) groups excluding carboxylic acids is 2. The lowest BCUT2D eigenvalue weighted by molar-refractivity contribution is -0.159. The number of aliphatic hydroxyl groups excluding tert-OH is 2. The molecule has 1 saturated heterocycles. The number of rotatable bonds is 2. The summed E-state index contributed by atoms with van der Waals surface area (Å²) in [5.74, 6) is -1.76. The second kappa shape index (κ2) is 6.50. The highest BCUT2D eigenvalue weighted by molar-refractivity contribution is 5.91. The first-order valence-electron chi connectivity index (χ1n) is 9.22. The summed E-state index contributed by atoms with van der Waals surface area (Å²) in [5.41, 5.74) is -0.157. The third kappa shape index (κ3) is 2.62. The molecular weight excluding hydrogens is 336 g/mol. The molecule has 6 heteroatoms. The van der Waals surface area contributed by atoms with Crippen molar-refractivity contribution >= 4 is 11.9 Å². The number of hydrogen-bond acceptors (Lipinski definition) is 6. The minimum Gasteiger partial charge on any atom is -0.458 e. The van der Waals surface area contributed by atoms with E-state index in [1.165, 1.54) is 0 Å².